The molecule has 5 heteroatoms. The van der Waals surface area contributed by atoms with Gasteiger partial charge in [0.15, 0.2) is 0 Å². The van der Waals surface area contributed by atoms with E-state index < -0.39 is 11.8 Å². The van der Waals surface area contributed by atoms with Crippen molar-refractivity contribution in [1.29, 1.82) is 0 Å². The number of ether oxygens (including phenoxy) is 1. The Hall–Kier alpha value is -2.95. The van der Waals surface area contributed by atoms with Crippen molar-refractivity contribution >= 4 is 16.9 Å². The number of methoxy groups -OCH3 is 1. The number of hydrogen-bond acceptors (Lipinski definition) is 4. The molecule has 0 bridgehead atoms. The van der Waals surface area contributed by atoms with Gasteiger partial charge in [0.2, 0.25) is 0 Å². The lowest BCUT2D eigenvalue weighted by Gasteiger charge is -2.13. The van der Waals surface area contributed by atoms with Gasteiger partial charge in [-0.1, -0.05) is 24.3 Å². The SMILES string of the molecule is COc1cccc2c(C(=O)[O-])cc(-c3ccccc3F)nc12. The van der Waals surface area contributed by atoms with E-state index in [0.29, 0.717) is 16.7 Å². The Bertz CT molecular complexity index is 877. The lowest BCUT2D eigenvalue weighted by molar-refractivity contribution is -0.254. The fourth-order valence-corrected chi connectivity index (χ4v) is 2.36. The molecular formula is C17H11FNO3-. The van der Waals surface area contributed by atoms with E-state index in [1.807, 2.05) is 0 Å². The van der Waals surface area contributed by atoms with Crippen molar-refractivity contribution in [3.63, 3.8) is 0 Å². The molecule has 0 radical (unpaired) electrons. The van der Waals surface area contributed by atoms with Crippen molar-refractivity contribution in [2.75, 3.05) is 7.11 Å². The Morgan fingerprint density at radius 3 is 2.64 bits per heavy atom. The lowest BCUT2D eigenvalue weighted by atomic mass is 10.0. The average molecular weight is 296 g/mol. The number of carbonyl (C=O) groups is 1. The summed E-state index contributed by atoms with van der Waals surface area (Å²) in [6, 6.07) is 12.3. The van der Waals surface area contributed by atoms with Gasteiger partial charge in [0.1, 0.15) is 17.1 Å². The number of halogens is 1. The molecule has 0 aliphatic heterocycles. The van der Waals surface area contributed by atoms with E-state index >= 15 is 0 Å². The van der Waals surface area contributed by atoms with Crippen molar-refractivity contribution < 1.29 is 19.0 Å². The molecule has 0 aliphatic carbocycles. The van der Waals surface area contributed by atoms with Crippen molar-refractivity contribution in [2.24, 2.45) is 0 Å². The first-order chi connectivity index (χ1) is 10.6. The van der Waals surface area contributed by atoms with Crippen LogP contribution in [0.5, 0.6) is 5.75 Å². The number of rotatable bonds is 3. The Kier molecular flexibility index (Phi) is 3.47. The van der Waals surface area contributed by atoms with E-state index in [0.717, 1.165) is 0 Å². The van der Waals surface area contributed by atoms with Gasteiger partial charge < -0.3 is 14.6 Å². The molecule has 0 saturated carbocycles. The van der Waals surface area contributed by atoms with E-state index in [1.54, 1.807) is 30.3 Å². The number of aromatic nitrogens is 1. The Balaban J connectivity index is 2.38. The molecule has 0 saturated heterocycles. The topological polar surface area (TPSA) is 62.2 Å². The van der Waals surface area contributed by atoms with Crippen molar-refractivity contribution in [3.05, 3.63) is 59.9 Å². The summed E-state index contributed by atoms with van der Waals surface area (Å²) in [5.41, 5.74) is 0.735. The monoisotopic (exact) mass is 296 g/mol. The highest BCUT2D eigenvalue weighted by Gasteiger charge is 2.13. The van der Waals surface area contributed by atoms with Crippen molar-refractivity contribution in [3.8, 4) is 17.0 Å². The summed E-state index contributed by atoms with van der Waals surface area (Å²) in [6.07, 6.45) is 0. The van der Waals surface area contributed by atoms with Gasteiger partial charge >= 0.3 is 0 Å². The number of aromatic carboxylic acids is 1. The van der Waals surface area contributed by atoms with Crippen LogP contribution < -0.4 is 9.84 Å². The van der Waals surface area contributed by atoms with E-state index in [1.165, 1.54) is 25.3 Å². The molecule has 22 heavy (non-hydrogen) atoms. The Morgan fingerprint density at radius 1 is 1.18 bits per heavy atom. The summed E-state index contributed by atoms with van der Waals surface area (Å²) >= 11 is 0. The summed E-state index contributed by atoms with van der Waals surface area (Å²) in [5, 5.41) is 11.8. The number of carboxylic acids is 1. The van der Waals surface area contributed by atoms with Crippen LogP contribution in [0.2, 0.25) is 0 Å². The molecular weight excluding hydrogens is 285 g/mol. The number of benzene rings is 2. The number of hydrogen-bond donors (Lipinski definition) is 0. The first kappa shape index (κ1) is 14.0. The minimum atomic E-state index is -1.35. The van der Waals surface area contributed by atoms with Gasteiger partial charge in [-0.2, -0.15) is 0 Å². The van der Waals surface area contributed by atoms with Gasteiger partial charge in [0.05, 0.1) is 18.8 Å². The average Bonchev–Trinajstić information content (AvgIpc) is 2.53. The van der Waals surface area contributed by atoms with Gasteiger partial charge in [-0.15, -0.1) is 0 Å². The number of carbonyl (C=O) groups excluding carboxylic acids is 1. The van der Waals surface area contributed by atoms with E-state index in [4.69, 9.17) is 4.74 Å². The van der Waals surface area contributed by atoms with Crippen LogP contribution in [-0.2, 0) is 0 Å². The minimum Gasteiger partial charge on any atom is -0.545 e. The largest absolute Gasteiger partial charge is 0.545 e. The van der Waals surface area contributed by atoms with E-state index in [2.05, 4.69) is 4.98 Å². The number of para-hydroxylation sites is 1. The zero-order chi connectivity index (χ0) is 15.7. The maximum Gasteiger partial charge on any atom is 0.145 e. The van der Waals surface area contributed by atoms with Crippen molar-refractivity contribution in [2.45, 2.75) is 0 Å². The lowest BCUT2D eigenvalue weighted by Crippen LogP contribution is -2.22. The normalized spacial score (nSPS) is 10.6. The van der Waals surface area contributed by atoms with Gasteiger partial charge in [-0.05, 0) is 24.3 Å². The van der Waals surface area contributed by atoms with Crippen LogP contribution >= 0.6 is 0 Å². The molecule has 4 nitrogen and oxygen atoms in total. The Morgan fingerprint density at radius 2 is 1.95 bits per heavy atom. The van der Waals surface area contributed by atoms with Gasteiger partial charge in [-0.25, -0.2) is 9.37 Å². The van der Waals surface area contributed by atoms with E-state index in [9.17, 15) is 14.3 Å². The molecule has 110 valence electrons. The molecule has 1 aromatic heterocycles. The molecule has 2 aromatic carbocycles. The van der Waals surface area contributed by atoms with Gasteiger partial charge in [0.25, 0.3) is 0 Å². The van der Waals surface area contributed by atoms with Crippen LogP contribution in [0.4, 0.5) is 4.39 Å². The first-order valence-corrected chi connectivity index (χ1v) is 6.56. The maximum atomic E-state index is 14.0. The molecule has 0 unspecified atom stereocenters. The van der Waals surface area contributed by atoms with E-state index in [-0.39, 0.29) is 16.8 Å². The van der Waals surface area contributed by atoms with Gasteiger partial charge in [-0.3, -0.25) is 0 Å². The summed E-state index contributed by atoms with van der Waals surface area (Å²) in [4.78, 5) is 15.8. The minimum absolute atomic E-state index is 0.0536. The number of pyridine rings is 1. The van der Waals surface area contributed by atoms with Crippen LogP contribution in [-0.4, -0.2) is 18.1 Å². The molecule has 0 spiro atoms. The van der Waals surface area contributed by atoms with Crippen LogP contribution in [0.3, 0.4) is 0 Å². The summed E-state index contributed by atoms with van der Waals surface area (Å²) in [7, 11) is 1.46. The molecule has 0 fully saturated rings. The van der Waals surface area contributed by atoms with Gasteiger partial charge in [0, 0.05) is 16.5 Å². The summed E-state index contributed by atoms with van der Waals surface area (Å²) < 4.78 is 19.2. The third kappa shape index (κ3) is 2.26. The molecule has 0 atom stereocenters. The predicted molar refractivity (Wildman–Crippen MR) is 78.0 cm³/mol. The van der Waals surface area contributed by atoms with Crippen molar-refractivity contribution in [1.82, 2.24) is 4.98 Å². The third-order valence-corrected chi connectivity index (χ3v) is 3.39. The number of fused-ring (bicyclic) bond motifs is 1. The summed E-state index contributed by atoms with van der Waals surface area (Å²) in [6.45, 7) is 0. The second kappa shape index (κ2) is 5.44. The summed E-state index contributed by atoms with van der Waals surface area (Å²) in [5.74, 6) is -1.41. The predicted octanol–water partition coefficient (Wildman–Crippen LogP) is 2.41. The number of carboxylic acid groups (broad SMARTS) is 1. The smallest absolute Gasteiger partial charge is 0.145 e. The molecule has 0 amide bonds. The molecule has 3 aromatic rings. The fraction of sp³-hybridized carbons (Fsp3) is 0.0588. The first-order valence-electron chi connectivity index (χ1n) is 6.56. The number of nitrogens with zero attached hydrogens (tertiary/aromatic N) is 1. The van der Waals surface area contributed by atoms with Crippen LogP contribution in [0, 0.1) is 5.82 Å². The van der Waals surface area contributed by atoms with Crippen LogP contribution in [0.25, 0.3) is 22.2 Å². The van der Waals surface area contributed by atoms with Crippen LogP contribution in [0.15, 0.2) is 48.5 Å². The highest BCUT2D eigenvalue weighted by atomic mass is 19.1. The second-order valence-corrected chi connectivity index (χ2v) is 4.68. The highest BCUT2D eigenvalue weighted by molar-refractivity contribution is 6.04. The second-order valence-electron chi connectivity index (χ2n) is 4.68. The quantitative estimate of drug-likeness (QED) is 0.744. The molecule has 3 rings (SSSR count). The fourth-order valence-electron chi connectivity index (χ4n) is 2.36. The molecule has 1 heterocycles. The third-order valence-electron chi connectivity index (χ3n) is 3.39. The molecule has 0 aliphatic rings. The zero-order valence-electron chi connectivity index (χ0n) is 11.7. The maximum absolute atomic E-state index is 14.0. The zero-order valence-corrected chi connectivity index (χ0v) is 11.7. The Labute approximate surface area is 125 Å². The highest BCUT2D eigenvalue weighted by Crippen LogP contribution is 2.30. The van der Waals surface area contributed by atoms with Crippen LogP contribution in [0.1, 0.15) is 10.4 Å². The molecule has 0 N–H and O–H groups in total. The standard InChI is InChI=1S/C17H12FNO3/c1-22-15-8-4-6-10-12(17(20)21)9-14(19-16(10)15)11-5-2-3-7-13(11)18/h2-9H,1H3,(H,20,21)/p-1.